The van der Waals surface area contributed by atoms with Gasteiger partial charge in [0.1, 0.15) is 0 Å². The Morgan fingerprint density at radius 2 is 1.87 bits per heavy atom. The second kappa shape index (κ2) is 3.62. The van der Waals surface area contributed by atoms with Crippen LogP contribution in [-0.2, 0) is 5.66 Å². The average Bonchev–Trinajstić information content (AvgIpc) is 2.75. The fraction of sp³-hybridized carbons (Fsp3) is 0.538. The van der Waals surface area contributed by atoms with Crippen LogP contribution in [0.5, 0.6) is 0 Å². The molecule has 80 valence electrons. The molecule has 0 aliphatic carbocycles. The summed E-state index contributed by atoms with van der Waals surface area (Å²) in [5, 5.41) is 3.74. The first-order valence-corrected chi connectivity index (χ1v) is 5.97. The highest BCUT2D eigenvalue weighted by Crippen LogP contribution is 2.37. The van der Waals surface area contributed by atoms with Crippen molar-refractivity contribution < 1.29 is 0 Å². The van der Waals surface area contributed by atoms with Crippen LogP contribution in [0.2, 0.25) is 0 Å². The Bertz CT molecular complexity index is 336. The van der Waals surface area contributed by atoms with Gasteiger partial charge in [-0.05, 0) is 31.4 Å². The topological polar surface area (TPSA) is 15.3 Å². The van der Waals surface area contributed by atoms with Gasteiger partial charge in [-0.1, -0.05) is 30.3 Å². The molecule has 1 aromatic carbocycles. The maximum Gasteiger partial charge on any atom is 0.0975 e. The Kier molecular flexibility index (Phi) is 2.26. The zero-order valence-electron chi connectivity index (χ0n) is 9.08. The fourth-order valence-electron chi connectivity index (χ4n) is 3.09. The summed E-state index contributed by atoms with van der Waals surface area (Å²) in [7, 11) is 0. The quantitative estimate of drug-likeness (QED) is 0.748. The molecule has 2 fully saturated rings. The predicted octanol–water partition coefficient (Wildman–Crippen LogP) is 1.93. The molecule has 0 bridgehead atoms. The molecular weight excluding hydrogens is 184 g/mol. The van der Waals surface area contributed by atoms with Crippen molar-refractivity contribution in [2.75, 3.05) is 19.6 Å². The lowest BCUT2D eigenvalue weighted by atomic mass is 9.94. The van der Waals surface area contributed by atoms with E-state index in [4.69, 9.17) is 0 Å². The molecule has 2 aliphatic rings. The van der Waals surface area contributed by atoms with Gasteiger partial charge in [0.15, 0.2) is 0 Å². The Labute approximate surface area is 91.3 Å². The summed E-state index contributed by atoms with van der Waals surface area (Å²) in [5.41, 5.74) is 1.61. The molecule has 0 saturated carbocycles. The van der Waals surface area contributed by atoms with E-state index in [1.54, 1.807) is 0 Å². The number of hydrogen-bond donors (Lipinski definition) is 1. The minimum absolute atomic E-state index is 0.166. The molecule has 2 saturated heterocycles. The summed E-state index contributed by atoms with van der Waals surface area (Å²) in [4.78, 5) is 2.62. The monoisotopic (exact) mass is 202 g/mol. The molecule has 2 nitrogen and oxygen atoms in total. The standard InChI is InChI=1S/C13H18N2/c1-2-6-12(7-3-1)13-8-4-10-15(13)11-5-9-14-13/h1-3,6-7,14H,4-5,8-11H2. The molecule has 3 rings (SSSR count). The van der Waals surface area contributed by atoms with Gasteiger partial charge in [-0.2, -0.15) is 0 Å². The van der Waals surface area contributed by atoms with Crippen molar-refractivity contribution in [3.05, 3.63) is 35.9 Å². The maximum absolute atomic E-state index is 3.74. The van der Waals surface area contributed by atoms with Crippen molar-refractivity contribution >= 4 is 0 Å². The molecule has 2 heterocycles. The maximum atomic E-state index is 3.74. The van der Waals surface area contributed by atoms with Crippen LogP contribution in [0, 0.1) is 0 Å². The summed E-state index contributed by atoms with van der Waals surface area (Å²) >= 11 is 0. The van der Waals surface area contributed by atoms with Crippen molar-refractivity contribution in [1.82, 2.24) is 10.2 Å². The molecule has 1 unspecified atom stereocenters. The number of nitrogens with one attached hydrogen (secondary N) is 1. The van der Waals surface area contributed by atoms with Crippen LogP contribution in [0.15, 0.2) is 30.3 Å². The van der Waals surface area contributed by atoms with E-state index in [9.17, 15) is 0 Å². The lowest BCUT2D eigenvalue weighted by molar-refractivity contribution is 0.0657. The van der Waals surface area contributed by atoms with Crippen LogP contribution in [0.3, 0.4) is 0 Å². The van der Waals surface area contributed by atoms with Gasteiger partial charge in [0.2, 0.25) is 0 Å². The van der Waals surface area contributed by atoms with E-state index in [0.29, 0.717) is 0 Å². The SMILES string of the molecule is c1ccc(C23CCCN2CCCN3)cc1. The highest BCUT2D eigenvalue weighted by atomic mass is 15.4. The summed E-state index contributed by atoms with van der Waals surface area (Å²) in [6.07, 6.45) is 3.87. The molecule has 1 atom stereocenters. The molecule has 15 heavy (non-hydrogen) atoms. The Hall–Kier alpha value is -0.860. The van der Waals surface area contributed by atoms with Gasteiger partial charge in [0.05, 0.1) is 5.66 Å². The predicted molar refractivity (Wildman–Crippen MR) is 61.5 cm³/mol. The number of benzene rings is 1. The highest BCUT2D eigenvalue weighted by Gasteiger charge is 2.43. The van der Waals surface area contributed by atoms with Crippen LogP contribution >= 0.6 is 0 Å². The molecule has 0 radical (unpaired) electrons. The second-order valence-electron chi connectivity index (χ2n) is 4.60. The molecule has 2 heteroatoms. The minimum Gasteiger partial charge on any atom is -0.295 e. The van der Waals surface area contributed by atoms with E-state index in [-0.39, 0.29) is 5.66 Å². The lowest BCUT2D eigenvalue weighted by Crippen LogP contribution is -2.56. The van der Waals surface area contributed by atoms with Gasteiger partial charge < -0.3 is 0 Å². The van der Waals surface area contributed by atoms with E-state index in [2.05, 4.69) is 40.5 Å². The second-order valence-corrected chi connectivity index (χ2v) is 4.60. The third kappa shape index (κ3) is 1.40. The Morgan fingerprint density at radius 3 is 2.73 bits per heavy atom. The molecule has 1 N–H and O–H groups in total. The first kappa shape index (κ1) is 9.37. The van der Waals surface area contributed by atoms with Gasteiger partial charge in [-0.15, -0.1) is 0 Å². The largest absolute Gasteiger partial charge is 0.295 e. The van der Waals surface area contributed by atoms with Crippen molar-refractivity contribution in [2.45, 2.75) is 24.9 Å². The normalized spacial score (nSPS) is 31.5. The van der Waals surface area contributed by atoms with Crippen molar-refractivity contribution in [1.29, 1.82) is 0 Å². The number of nitrogens with zero attached hydrogens (tertiary/aromatic N) is 1. The van der Waals surface area contributed by atoms with E-state index in [1.807, 2.05) is 0 Å². The van der Waals surface area contributed by atoms with Gasteiger partial charge in [-0.25, -0.2) is 0 Å². The molecule has 0 aromatic heterocycles. The van der Waals surface area contributed by atoms with Crippen LogP contribution in [0.1, 0.15) is 24.8 Å². The van der Waals surface area contributed by atoms with Crippen molar-refractivity contribution in [2.24, 2.45) is 0 Å². The molecule has 0 spiro atoms. The highest BCUT2D eigenvalue weighted by molar-refractivity contribution is 5.25. The lowest BCUT2D eigenvalue weighted by Gasteiger charge is -2.43. The smallest absolute Gasteiger partial charge is 0.0975 e. The van der Waals surface area contributed by atoms with Crippen LogP contribution in [0.25, 0.3) is 0 Å². The number of fused-ring (bicyclic) bond motifs is 1. The first-order chi connectivity index (χ1) is 7.42. The van der Waals surface area contributed by atoms with Gasteiger partial charge in [-0.3, -0.25) is 10.2 Å². The minimum atomic E-state index is 0.166. The van der Waals surface area contributed by atoms with Gasteiger partial charge in [0.25, 0.3) is 0 Å². The van der Waals surface area contributed by atoms with Gasteiger partial charge >= 0.3 is 0 Å². The third-order valence-electron chi connectivity index (χ3n) is 3.78. The van der Waals surface area contributed by atoms with E-state index < -0.39 is 0 Å². The fourth-order valence-corrected chi connectivity index (χ4v) is 3.09. The summed E-state index contributed by atoms with van der Waals surface area (Å²) in [5.74, 6) is 0. The van der Waals surface area contributed by atoms with Crippen molar-refractivity contribution in [3.63, 3.8) is 0 Å². The first-order valence-electron chi connectivity index (χ1n) is 5.97. The Balaban J connectivity index is 2.00. The molecular formula is C13H18N2. The van der Waals surface area contributed by atoms with Crippen LogP contribution < -0.4 is 5.32 Å². The van der Waals surface area contributed by atoms with E-state index >= 15 is 0 Å². The molecule has 1 aromatic rings. The zero-order chi connectivity index (χ0) is 10.1. The molecule has 2 aliphatic heterocycles. The number of hydrogen-bond acceptors (Lipinski definition) is 2. The summed E-state index contributed by atoms with van der Waals surface area (Å²) in [6.45, 7) is 3.66. The zero-order valence-corrected chi connectivity index (χ0v) is 9.08. The van der Waals surface area contributed by atoms with Crippen molar-refractivity contribution in [3.8, 4) is 0 Å². The van der Waals surface area contributed by atoms with Crippen LogP contribution in [-0.4, -0.2) is 24.5 Å². The Morgan fingerprint density at radius 1 is 1.07 bits per heavy atom. The van der Waals surface area contributed by atoms with Gasteiger partial charge in [0, 0.05) is 13.1 Å². The van der Waals surface area contributed by atoms with E-state index in [1.165, 1.54) is 37.9 Å². The summed E-state index contributed by atoms with van der Waals surface area (Å²) in [6, 6.07) is 10.9. The number of rotatable bonds is 1. The summed E-state index contributed by atoms with van der Waals surface area (Å²) < 4.78 is 0. The van der Waals surface area contributed by atoms with Crippen LogP contribution in [0.4, 0.5) is 0 Å². The van der Waals surface area contributed by atoms with E-state index in [0.717, 1.165) is 6.54 Å². The average molecular weight is 202 g/mol. The molecule has 0 amide bonds. The third-order valence-corrected chi connectivity index (χ3v) is 3.78.